The summed E-state index contributed by atoms with van der Waals surface area (Å²) < 4.78 is 101. The van der Waals surface area contributed by atoms with E-state index in [1.807, 2.05) is 4.72 Å². The molecular weight excluding hydrogens is 548 g/mol. The summed E-state index contributed by atoms with van der Waals surface area (Å²) in [5.74, 6) is -5.95. The number of alkyl halides is 3. The number of nitrogens with one attached hydrogen (secondary N) is 2. The van der Waals surface area contributed by atoms with Crippen molar-refractivity contribution in [1.82, 2.24) is 4.98 Å². The van der Waals surface area contributed by atoms with Crippen LogP contribution in [-0.4, -0.2) is 30.7 Å². The molecule has 0 radical (unpaired) electrons. The molecule has 190 valence electrons. The number of benzene rings is 2. The van der Waals surface area contributed by atoms with Crippen LogP contribution < -0.4 is 10.0 Å². The highest BCUT2D eigenvalue weighted by atomic mass is 35.5. The Balaban J connectivity index is 0.000000540. The molecule has 1 unspecified atom stereocenters. The normalized spacial score (nSPS) is 12.3. The number of carboxylic acids is 1. The smallest absolute Gasteiger partial charge is 0.475 e. The van der Waals surface area contributed by atoms with Crippen LogP contribution in [-0.2, 0) is 14.8 Å². The third-order valence-corrected chi connectivity index (χ3v) is 6.22. The maximum atomic E-state index is 14.4. The molecule has 1 aromatic heterocycles. The Labute approximate surface area is 203 Å². The SMILES string of the molecule is CC(Nc1cc(F)c(S(=O)(=O)Nc2cscn2)c(F)c1)c1cc(Cl)ccc1F.O=C(O)C(F)(F)F. The first-order valence-electron chi connectivity index (χ1n) is 9.03. The average molecular weight is 562 g/mol. The van der Waals surface area contributed by atoms with Crippen LogP contribution >= 0.6 is 22.9 Å². The molecule has 0 saturated heterocycles. The number of carboxylic acid groups (broad SMARTS) is 1. The number of sulfonamides is 1. The van der Waals surface area contributed by atoms with Crippen molar-refractivity contribution in [2.45, 2.75) is 24.0 Å². The summed E-state index contributed by atoms with van der Waals surface area (Å²) in [7, 11) is -4.52. The lowest BCUT2D eigenvalue weighted by molar-refractivity contribution is -0.192. The minimum Gasteiger partial charge on any atom is -0.475 e. The summed E-state index contributed by atoms with van der Waals surface area (Å²) >= 11 is 6.97. The summed E-state index contributed by atoms with van der Waals surface area (Å²) in [6, 6.07) is 4.89. The van der Waals surface area contributed by atoms with E-state index in [2.05, 4.69) is 10.3 Å². The lowest BCUT2D eigenvalue weighted by Gasteiger charge is -2.18. The molecule has 0 aliphatic rings. The first kappa shape index (κ1) is 28.2. The van der Waals surface area contributed by atoms with Crippen LogP contribution in [0.4, 0.5) is 37.8 Å². The van der Waals surface area contributed by atoms with Crippen LogP contribution in [0.1, 0.15) is 18.5 Å². The Morgan fingerprint density at radius 3 is 2.17 bits per heavy atom. The number of thiazole rings is 1. The molecule has 35 heavy (non-hydrogen) atoms. The second-order valence-electron chi connectivity index (χ2n) is 6.58. The quantitative estimate of drug-likeness (QED) is 0.327. The number of carbonyl (C=O) groups is 1. The van der Waals surface area contributed by atoms with Crippen molar-refractivity contribution in [1.29, 1.82) is 0 Å². The van der Waals surface area contributed by atoms with Crippen molar-refractivity contribution in [2.75, 3.05) is 10.0 Å². The number of halogens is 7. The fraction of sp³-hybridized carbons (Fsp3) is 0.158. The van der Waals surface area contributed by atoms with Crippen LogP contribution in [0, 0.1) is 17.5 Å². The zero-order valence-corrected chi connectivity index (χ0v) is 19.6. The molecule has 0 spiro atoms. The molecule has 0 bridgehead atoms. The van der Waals surface area contributed by atoms with E-state index in [9.17, 15) is 34.8 Å². The van der Waals surface area contributed by atoms with E-state index in [0.717, 1.165) is 23.5 Å². The fourth-order valence-electron chi connectivity index (χ4n) is 2.53. The van der Waals surface area contributed by atoms with Crippen LogP contribution in [0.2, 0.25) is 5.02 Å². The van der Waals surface area contributed by atoms with Crippen molar-refractivity contribution in [2.24, 2.45) is 0 Å². The largest absolute Gasteiger partial charge is 0.490 e. The monoisotopic (exact) mass is 561 g/mol. The van der Waals surface area contributed by atoms with Gasteiger partial charge >= 0.3 is 12.1 Å². The number of anilines is 2. The van der Waals surface area contributed by atoms with Crippen molar-refractivity contribution in [3.63, 3.8) is 0 Å². The van der Waals surface area contributed by atoms with Crippen molar-refractivity contribution in [3.8, 4) is 0 Å². The van der Waals surface area contributed by atoms with Gasteiger partial charge in [-0.3, -0.25) is 4.72 Å². The Morgan fingerprint density at radius 2 is 1.69 bits per heavy atom. The van der Waals surface area contributed by atoms with Gasteiger partial charge in [0.05, 0.1) is 11.6 Å². The molecule has 7 nitrogen and oxygen atoms in total. The van der Waals surface area contributed by atoms with Gasteiger partial charge in [-0.15, -0.1) is 11.3 Å². The van der Waals surface area contributed by atoms with Gasteiger partial charge < -0.3 is 10.4 Å². The molecule has 1 heterocycles. The molecule has 1 atom stereocenters. The van der Waals surface area contributed by atoms with Gasteiger partial charge in [-0.25, -0.2) is 31.4 Å². The number of nitrogens with zero attached hydrogens (tertiary/aromatic N) is 1. The minimum atomic E-state index is -5.08. The van der Waals surface area contributed by atoms with E-state index < -0.39 is 50.6 Å². The molecular formula is C19H14ClF6N3O4S2. The number of rotatable bonds is 6. The van der Waals surface area contributed by atoms with E-state index in [4.69, 9.17) is 21.5 Å². The Kier molecular flexibility index (Phi) is 8.97. The molecule has 16 heteroatoms. The fourth-order valence-corrected chi connectivity index (χ4v) is 4.39. The lowest BCUT2D eigenvalue weighted by Crippen LogP contribution is -2.21. The minimum absolute atomic E-state index is 0.0453. The highest BCUT2D eigenvalue weighted by Gasteiger charge is 2.38. The van der Waals surface area contributed by atoms with Crippen molar-refractivity contribution in [3.05, 3.63) is 69.3 Å². The number of aromatic nitrogens is 1. The molecule has 0 amide bonds. The van der Waals surface area contributed by atoms with E-state index in [1.54, 1.807) is 6.92 Å². The van der Waals surface area contributed by atoms with Crippen LogP contribution in [0.3, 0.4) is 0 Å². The van der Waals surface area contributed by atoms with Gasteiger partial charge in [0, 0.05) is 21.7 Å². The molecule has 0 aliphatic carbocycles. The second kappa shape index (κ2) is 11.1. The van der Waals surface area contributed by atoms with Gasteiger partial charge in [-0.2, -0.15) is 13.2 Å². The summed E-state index contributed by atoms with van der Waals surface area (Å²) in [4.78, 5) is 11.5. The standard InChI is InChI=1S/C17H13ClF3N3O2S2.C2HF3O2/c1-9(12-4-10(18)2-3-13(12)19)23-11-5-14(20)17(15(21)6-11)28(25,26)24-16-7-27-8-22-16;3-2(4,5)1(6)7/h2-9,23-24H,1H3;(H,6,7). The topological polar surface area (TPSA) is 108 Å². The first-order chi connectivity index (χ1) is 16.1. The number of hydrogen-bond acceptors (Lipinski definition) is 6. The molecule has 0 saturated carbocycles. The van der Waals surface area contributed by atoms with Gasteiger partial charge in [0.25, 0.3) is 10.0 Å². The Bertz CT molecular complexity index is 1280. The zero-order chi connectivity index (χ0) is 26.6. The predicted molar refractivity (Wildman–Crippen MR) is 116 cm³/mol. The van der Waals surface area contributed by atoms with Crippen LogP contribution in [0.5, 0.6) is 0 Å². The van der Waals surface area contributed by atoms with Gasteiger partial charge in [0.2, 0.25) is 0 Å². The molecule has 0 fully saturated rings. The predicted octanol–water partition coefficient (Wildman–Crippen LogP) is 5.82. The first-order valence-corrected chi connectivity index (χ1v) is 11.8. The second-order valence-corrected chi connectivity index (χ2v) is 9.36. The molecule has 2 aromatic carbocycles. The molecule has 3 rings (SSSR count). The van der Waals surface area contributed by atoms with E-state index in [0.29, 0.717) is 5.02 Å². The van der Waals surface area contributed by atoms with Crippen molar-refractivity contribution >= 4 is 50.4 Å². The molecule has 3 aromatic rings. The summed E-state index contributed by atoms with van der Waals surface area (Å²) in [6.45, 7) is 1.57. The summed E-state index contributed by atoms with van der Waals surface area (Å²) in [5.41, 5.74) is 1.50. The highest BCUT2D eigenvalue weighted by molar-refractivity contribution is 7.92. The highest BCUT2D eigenvalue weighted by Crippen LogP contribution is 2.29. The zero-order valence-electron chi connectivity index (χ0n) is 17.2. The third-order valence-electron chi connectivity index (χ3n) is 3.99. The van der Waals surface area contributed by atoms with Gasteiger partial charge in [0.1, 0.15) is 17.5 Å². The summed E-state index contributed by atoms with van der Waals surface area (Å²) in [6.07, 6.45) is -5.08. The Morgan fingerprint density at radius 1 is 1.11 bits per heavy atom. The van der Waals surface area contributed by atoms with E-state index in [-0.39, 0.29) is 17.1 Å². The summed E-state index contributed by atoms with van der Waals surface area (Å²) in [5, 5.41) is 11.5. The van der Waals surface area contributed by atoms with Crippen molar-refractivity contribution < 1.29 is 44.7 Å². The average Bonchev–Trinajstić information content (AvgIpc) is 3.20. The van der Waals surface area contributed by atoms with E-state index >= 15 is 0 Å². The maximum absolute atomic E-state index is 14.4. The van der Waals surface area contributed by atoms with Crippen LogP contribution in [0.25, 0.3) is 0 Å². The third kappa shape index (κ3) is 7.73. The lowest BCUT2D eigenvalue weighted by atomic mass is 10.1. The number of aliphatic carboxylic acids is 1. The molecule has 0 aliphatic heterocycles. The van der Waals surface area contributed by atoms with Gasteiger partial charge in [-0.05, 0) is 37.3 Å². The maximum Gasteiger partial charge on any atom is 0.490 e. The van der Waals surface area contributed by atoms with E-state index in [1.165, 1.54) is 29.1 Å². The molecule has 3 N–H and O–H groups in total. The number of hydrogen-bond donors (Lipinski definition) is 3. The van der Waals surface area contributed by atoms with Crippen LogP contribution in [0.15, 0.2) is 46.1 Å². The van der Waals surface area contributed by atoms with Gasteiger partial charge in [0.15, 0.2) is 10.7 Å². The van der Waals surface area contributed by atoms with Gasteiger partial charge in [-0.1, -0.05) is 11.6 Å². The Hall–Kier alpha value is -3.04.